The van der Waals surface area contributed by atoms with E-state index in [2.05, 4.69) is 10.3 Å². The van der Waals surface area contributed by atoms with E-state index in [1.165, 1.54) is 0 Å². The van der Waals surface area contributed by atoms with Crippen molar-refractivity contribution in [1.29, 1.82) is 0 Å². The molecule has 0 bridgehead atoms. The van der Waals surface area contributed by atoms with Gasteiger partial charge in [0, 0.05) is 32.3 Å². The third-order valence-corrected chi connectivity index (χ3v) is 3.02. The molecule has 6 nitrogen and oxygen atoms in total. The molecular formula is C12H14F3IN4O2. The Morgan fingerprint density at radius 1 is 1.41 bits per heavy atom. The lowest BCUT2D eigenvalue weighted by Crippen LogP contribution is -2.35. The molecule has 0 saturated carbocycles. The Kier molecular flexibility index (Phi) is 5.97. The van der Waals surface area contributed by atoms with Crippen LogP contribution in [0.2, 0.25) is 0 Å². The van der Waals surface area contributed by atoms with Crippen molar-refractivity contribution >= 4 is 35.6 Å². The maximum atomic E-state index is 12.7. The van der Waals surface area contributed by atoms with Crippen LogP contribution in [0.15, 0.2) is 23.2 Å². The van der Waals surface area contributed by atoms with E-state index in [9.17, 15) is 23.3 Å². The summed E-state index contributed by atoms with van der Waals surface area (Å²) in [5, 5.41) is 13.6. The molecule has 0 radical (unpaired) electrons. The Bertz CT molecular complexity index is 592. The van der Waals surface area contributed by atoms with Crippen molar-refractivity contribution in [3.8, 4) is 0 Å². The molecule has 122 valence electrons. The van der Waals surface area contributed by atoms with Gasteiger partial charge in [0.25, 0.3) is 5.69 Å². The van der Waals surface area contributed by atoms with Gasteiger partial charge in [0.15, 0.2) is 5.96 Å². The quantitative estimate of drug-likeness (QED) is 0.455. The number of hydrogen-bond donors (Lipinski definition) is 1. The first-order valence-electron chi connectivity index (χ1n) is 6.12. The number of hydrogen-bond acceptors (Lipinski definition) is 5. The molecule has 1 aromatic carbocycles. The summed E-state index contributed by atoms with van der Waals surface area (Å²) in [5.74, 6) is 0.565. The van der Waals surface area contributed by atoms with E-state index < -0.39 is 22.4 Å². The van der Waals surface area contributed by atoms with E-state index >= 15 is 0 Å². The van der Waals surface area contributed by atoms with Crippen LogP contribution in [0.4, 0.5) is 18.9 Å². The molecular weight excluding hydrogens is 416 g/mol. The van der Waals surface area contributed by atoms with Crippen molar-refractivity contribution in [2.75, 3.05) is 20.1 Å². The molecule has 10 heteroatoms. The number of nitro benzene ring substituents is 1. The first-order valence-corrected chi connectivity index (χ1v) is 6.12. The Balaban J connectivity index is 0.00000242. The van der Waals surface area contributed by atoms with Gasteiger partial charge < -0.3 is 10.2 Å². The summed E-state index contributed by atoms with van der Waals surface area (Å²) in [6.07, 6.45) is -4.62. The zero-order chi connectivity index (χ0) is 15.6. The van der Waals surface area contributed by atoms with Crippen LogP contribution >= 0.6 is 24.0 Å². The van der Waals surface area contributed by atoms with E-state index in [1.54, 1.807) is 7.05 Å². The molecule has 1 aliphatic heterocycles. The zero-order valence-electron chi connectivity index (χ0n) is 11.6. The number of guanidine groups is 1. The number of rotatable bonds is 3. The minimum atomic E-state index is -4.62. The molecule has 0 aliphatic carbocycles. The summed E-state index contributed by atoms with van der Waals surface area (Å²) in [4.78, 5) is 15.9. The molecule has 0 fully saturated rings. The van der Waals surface area contributed by atoms with Crippen molar-refractivity contribution in [2.24, 2.45) is 4.99 Å². The van der Waals surface area contributed by atoms with E-state index in [4.69, 9.17) is 0 Å². The molecule has 0 amide bonds. The maximum absolute atomic E-state index is 12.7. The minimum absolute atomic E-state index is 0. The highest BCUT2D eigenvalue weighted by molar-refractivity contribution is 14.0. The summed E-state index contributed by atoms with van der Waals surface area (Å²) < 4.78 is 38.2. The molecule has 0 spiro atoms. The third kappa shape index (κ3) is 4.45. The summed E-state index contributed by atoms with van der Waals surface area (Å²) in [6, 6.07) is 2.55. The van der Waals surface area contributed by atoms with Gasteiger partial charge in [-0.25, -0.2) is 0 Å². The smallest absolute Gasteiger partial charge is 0.352 e. The average molecular weight is 430 g/mol. The van der Waals surface area contributed by atoms with Crippen molar-refractivity contribution in [3.63, 3.8) is 0 Å². The molecule has 22 heavy (non-hydrogen) atoms. The van der Waals surface area contributed by atoms with Gasteiger partial charge in [0.2, 0.25) is 0 Å². The number of likely N-dealkylation sites (N-methyl/N-ethyl adjacent to an activating group) is 1. The molecule has 1 heterocycles. The van der Waals surface area contributed by atoms with Gasteiger partial charge in [-0.3, -0.25) is 15.1 Å². The van der Waals surface area contributed by atoms with Crippen molar-refractivity contribution in [2.45, 2.75) is 12.7 Å². The Morgan fingerprint density at radius 2 is 2.09 bits per heavy atom. The number of nitro groups is 1. The predicted molar refractivity (Wildman–Crippen MR) is 85.3 cm³/mol. The third-order valence-electron chi connectivity index (χ3n) is 3.02. The second kappa shape index (κ2) is 7.11. The Labute approximate surface area is 141 Å². The maximum Gasteiger partial charge on any atom is 0.416 e. The number of alkyl halides is 3. The van der Waals surface area contributed by atoms with Crippen LogP contribution in [0.1, 0.15) is 11.1 Å². The van der Waals surface area contributed by atoms with Crippen LogP contribution in [0.25, 0.3) is 0 Å². The van der Waals surface area contributed by atoms with Gasteiger partial charge in [0.1, 0.15) is 0 Å². The molecule has 0 atom stereocenters. The number of nitrogens with zero attached hydrogens (tertiary/aromatic N) is 3. The fraction of sp³-hybridized carbons (Fsp3) is 0.417. The van der Waals surface area contributed by atoms with Gasteiger partial charge in [0.05, 0.1) is 17.0 Å². The van der Waals surface area contributed by atoms with E-state index in [0.29, 0.717) is 18.6 Å². The summed E-state index contributed by atoms with van der Waals surface area (Å²) in [7, 11) is 1.80. The average Bonchev–Trinajstić information content (AvgIpc) is 2.80. The molecule has 0 unspecified atom stereocenters. The molecule has 0 saturated heterocycles. The van der Waals surface area contributed by atoms with Crippen LogP contribution in [0.5, 0.6) is 0 Å². The normalized spacial score (nSPS) is 14.4. The zero-order valence-corrected chi connectivity index (χ0v) is 13.9. The first kappa shape index (κ1) is 18.5. The fourth-order valence-corrected chi connectivity index (χ4v) is 1.95. The minimum Gasteiger partial charge on any atom is -0.352 e. The van der Waals surface area contributed by atoms with Crippen LogP contribution in [-0.2, 0) is 12.7 Å². The van der Waals surface area contributed by atoms with E-state index in [-0.39, 0.29) is 36.1 Å². The second-order valence-electron chi connectivity index (χ2n) is 4.62. The number of halogens is 4. The Hall–Kier alpha value is -1.59. The van der Waals surface area contributed by atoms with Crippen LogP contribution in [0, 0.1) is 10.1 Å². The predicted octanol–water partition coefficient (Wildman–Crippen LogP) is 2.62. The second-order valence-corrected chi connectivity index (χ2v) is 4.62. The molecule has 1 aliphatic rings. The number of non-ortho nitro benzene ring substituents is 1. The first-order chi connectivity index (χ1) is 9.77. The van der Waals surface area contributed by atoms with Crippen LogP contribution in [0.3, 0.4) is 0 Å². The summed E-state index contributed by atoms with van der Waals surface area (Å²) in [5.41, 5.74) is -1.43. The fourth-order valence-electron chi connectivity index (χ4n) is 1.95. The molecule has 1 N–H and O–H groups in total. The van der Waals surface area contributed by atoms with Gasteiger partial charge >= 0.3 is 6.18 Å². The van der Waals surface area contributed by atoms with Crippen molar-refractivity contribution in [3.05, 3.63) is 39.4 Å². The van der Waals surface area contributed by atoms with Crippen LogP contribution in [-0.4, -0.2) is 35.9 Å². The highest BCUT2D eigenvalue weighted by Gasteiger charge is 2.32. The lowest BCUT2D eigenvalue weighted by Gasteiger charge is -2.15. The number of benzene rings is 1. The van der Waals surface area contributed by atoms with Crippen LogP contribution < -0.4 is 5.32 Å². The highest BCUT2D eigenvalue weighted by atomic mass is 127. The SMILES string of the molecule is CN1CCN=C1NCc1cc([N+](=O)[O-])cc(C(F)(F)F)c1.I. The van der Waals surface area contributed by atoms with Gasteiger partial charge in [-0.2, -0.15) is 13.2 Å². The topological polar surface area (TPSA) is 70.8 Å². The monoisotopic (exact) mass is 430 g/mol. The van der Waals surface area contributed by atoms with Gasteiger partial charge in [-0.1, -0.05) is 0 Å². The summed E-state index contributed by atoms with van der Waals surface area (Å²) >= 11 is 0. The summed E-state index contributed by atoms with van der Waals surface area (Å²) in [6.45, 7) is 1.38. The van der Waals surface area contributed by atoms with E-state index in [0.717, 1.165) is 18.7 Å². The van der Waals surface area contributed by atoms with E-state index in [1.807, 2.05) is 4.90 Å². The van der Waals surface area contributed by atoms with Gasteiger partial charge in [-0.15, -0.1) is 24.0 Å². The lowest BCUT2D eigenvalue weighted by atomic mass is 10.1. The number of aliphatic imine (C=N–C) groups is 1. The van der Waals surface area contributed by atoms with Gasteiger partial charge in [-0.05, 0) is 11.6 Å². The van der Waals surface area contributed by atoms with Crippen molar-refractivity contribution in [1.82, 2.24) is 10.2 Å². The molecule has 0 aromatic heterocycles. The standard InChI is InChI=1S/C12H13F3N4O2.HI/c1-18-3-2-16-11(18)17-7-8-4-9(12(13,14)15)6-10(5-8)19(20)21;/h4-6H,2-3,7H2,1H3,(H,16,17);1H. The molecule has 2 rings (SSSR count). The Morgan fingerprint density at radius 3 is 2.59 bits per heavy atom. The van der Waals surface area contributed by atoms with Crippen molar-refractivity contribution < 1.29 is 18.1 Å². The highest BCUT2D eigenvalue weighted by Crippen LogP contribution is 2.32. The largest absolute Gasteiger partial charge is 0.416 e. The molecule has 1 aromatic rings. The number of nitrogens with one attached hydrogen (secondary N) is 1. The lowest BCUT2D eigenvalue weighted by molar-refractivity contribution is -0.385.